The van der Waals surface area contributed by atoms with Crippen molar-refractivity contribution in [1.82, 2.24) is 10.2 Å². The molecule has 8 heteroatoms. The van der Waals surface area contributed by atoms with Crippen molar-refractivity contribution < 1.29 is 23.8 Å². The predicted molar refractivity (Wildman–Crippen MR) is 109 cm³/mol. The van der Waals surface area contributed by atoms with Gasteiger partial charge < -0.3 is 24.8 Å². The van der Waals surface area contributed by atoms with E-state index in [-0.39, 0.29) is 18.7 Å². The normalized spacial score (nSPS) is 18.9. The summed E-state index contributed by atoms with van der Waals surface area (Å²) in [5, 5.41) is 5.77. The van der Waals surface area contributed by atoms with Crippen LogP contribution in [0.25, 0.3) is 0 Å². The molecule has 2 aliphatic heterocycles. The Bertz CT molecular complexity index is 732. The van der Waals surface area contributed by atoms with Gasteiger partial charge >= 0.3 is 6.09 Å². The Hall–Kier alpha value is -2.48. The van der Waals surface area contributed by atoms with Gasteiger partial charge in [0.2, 0.25) is 12.7 Å². The summed E-state index contributed by atoms with van der Waals surface area (Å²) >= 11 is 0. The molecule has 2 aliphatic rings. The lowest BCUT2D eigenvalue weighted by atomic mass is 10.0. The minimum absolute atomic E-state index is 0.0479. The molecule has 160 valence electrons. The highest BCUT2D eigenvalue weighted by Crippen LogP contribution is 2.34. The van der Waals surface area contributed by atoms with Crippen LogP contribution in [0, 0.1) is 0 Å². The standard InChI is InChI=1S/C21H31N3O5/c1-21(2,3)29-20(26)22-13-16-6-4-5-10-24(16)11-9-19(25)23-15-7-8-17-18(12-15)28-14-27-17/h7-8,12,16H,4-6,9-11,13-14H2,1-3H3,(H,22,26)(H,23,25). The van der Waals surface area contributed by atoms with Gasteiger partial charge in [-0.05, 0) is 52.3 Å². The number of anilines is 1. The minimum Gasteiger partial charge on any atom is -0.454 e. The number of carbonyl (C=O) groups excluding carboxylic acids is 2. The lowest BCUT2D eigenvalue weighted by Gasteiger charge is -2.35. The van der Waals surface area contributed by atoms with E-state index in [2.05, 4.69) is 15.5 Å². The van der Waals surface area contributed by atoms with E-state index in [9.17, 15) is 9.59 Å². The van der Waals surface area contributed by atoms with Crippen molar-refractivity contribution in [1.29, 1.82) is 0 Å². The summed E-state index contributed by atoms with van der Waals surface area (Å²) in [6.07, 6.45) is 3.22. The van der Waals surface area contributed by atoms with Crippen LogP contribution in [0.4, 0.5) is 10.5 Å². The third kappa shape index (κ3) is 6.52. The molecule has 1 aromatic carbocycles. The van der Waals surface area contributed by atoms with E-state index in [1.54, 1.807) is 18.2 Å². The summed E-state index contributed by atoms with van der Waals surface area (Å²) in [6.45, 7) is 7.85. The van der Waals surface area contributed by atoms with Crippen LogP contribution in [0.1, 0.15) is 46.5 Å². The van der Waals surface area contributed by atoms with Crippen LogP contribution in [0.3, 0.4) is 0 Å². The number of alkyl carbamates (subject to hydrolysis) is 1. The quantitative estimate of drug-likeness (QED) is 0.756. The molecule has 0 bridgehead atoms. The molecule has 29 heavy (non-hydrogen) atoms. The number of hydrogen-bond acceptors (Lipinski definition) is 6. The number of amides is 2. The summed E-state index contributed by atoms with van der Waals surface area (Å²) in [5.41, 5.74) is 0.185. The molecule has 2 heterocycles. The molecule has 1 aromatic rings. The molecule has 1 atom stereocenters. The summed E-state index contributed by atoms with van der Waals surface area (Å²) in [5.74, 6) is 1.29. The van der Waals surface area contributed by atoms with E-state index < -0.39 is 11.7 Å². The monoisotopic (exact) mass is 405 g/mol. The van der Waals surface area contributed by atoms with Crippen LogP contribution in [-0.4, -0.2) is 55.0 Å². The number of hydrogen-bond donors (Lipinski definition) is 2. The third-order valence-electron chi connectivity index (χ3n) is 4.91. The fraction of sp³-hybridized carbons (Fsp3) is 0.619. The number of nitrogens with zero attached hydrogens (tertiary/aromatic N) is 1. The van der Waals surface area contributed by atoms with E-state index in [1.807, 2.05) is 20.8 Å². The van der Waals surface area contributed by atoms with Gasteiger partial charge in [0.15, 0.2) is 11.5 Å². The third-order valence-corrected chi connectivity index (χ3v) is 4.91. The maximum atomic E-state index is 12.4. The first kappa shape index (κ1) is 21.2. The fourth-order valence-electron chi connectivity index (χ4n) is 3.54. The summed E-state index contributed by atoms with van der Waals surface area (Å²) in [6, 6.07) is 5.59. The number of piperidine rings is 1. The van der Waals surface area contributed by atoms with E-state index in [0.717, 1.165) is 25.8 Å². The summed E-state index contributed by atoms with van der Waals surface area (Å²) < 4.78 is 15.9. The highest BCUT2D eigenvalue weighted by Gasteiger charge is 2.24. The topological polar surface area (TPSA) is 89.1 Å². The number of benzene rings is 1. The Kier molecular flexibility index (Phi) is 6.84. The summed E-state index contributed by atoms with van der Waals surface area (Å²) in [7, 11) is 0. The van der Waals surface area contributed by atoms with Crippen LogP contribution in [0.15, 0.2) is 18.2 Å². The number of ether oxygens (including phenoxy) is 3. The van der Waals surface area contributed by atoms with Gasteiger partial charge in [-0.2, -0.15) is 0 Å². The second-order valence-electron chi connectivity index (χ2n) is 8.43. The lowest BCUT2D eigenvalue weighted by Crippen LogP contribution is -2.48. The SMILES string of the molecule is CC(C)(C)OC(=O)NCC1CCCCN1CCC(=O)Nc1ccc2c(c1)OCO2. The van der Waals surface area contributed by atoms with Gasteiger partial charge in [-0.25, -0.2) is 4.79 Å². The van der Waals surface area contributed by atoms with Crippen molar-refractivity contribution in [3.05, 3.63) is 18.2 Å². The highest BCUT2D eigenvalue weighted by molar-refractivity contribution is 5.91. The lowest BCUT2D eigenvalue weighted by molar-refractivity contribution is -0.116. The van der Waals surface area contributed by atoms with E-state index in [1.165, 1.54) is 0 Å². The average molecular weight is 405 g/mol. The molecule has 0 spiro atoms. The molecule has 0 saturated carbocycles. The molecule has 1 fully saturated rings. The number of fused-ring (bicyclic) bond motifs is 1. The second-order valence-corrected chi connectivity index (χ2v) is 8.43. The number of rotatable bonds is 6. The van der Waals surface area contributed by atoms with Crippen molar-refractivity contribution in [3.63, 3.8) is 0 Å². The van der Waals surface area contributed by atoms with Crippen LogP contribution in [0.5, 0.6) is 11.5 Å². The number of carbonyl (C=O) groups is 2. The Morgan fingerprint density at radius 2 is 2.00 bits per heavy atom. The molecule has 8 nitrogen and oxygen atoms in total. The zero-order chi connectivity index (χ0) is 20.9. The first-order valence-corrected chi connectivity index (χ1v) is 10.2. The summed E-state index contributed by atoms with van der Waals surface area (Å²) in [4.78, 5) is 26.6. The molecule has 0 aliphatic carbocycles. The van der Waals surface area contributed by atoms with Gasteiger partial charge in [-0.15, -0.1) is 0 Å². The largest absolute Gasteiger partial charge is 0.454 e. The average Bonchev–Trinajstić information content (AvgIpc) is 3.12. The Labute approximate surface area is 171 Å². The fourth-order valence-corrected chi connectivity index (χ4v) is 3.54. The van der Waals surface area contributed by atoms with Crippen LogP contribution < -0.4 is 20.1 Å². The Morgan fingerprint density at radius 1 is 1.21 bits per heavy atom. The van der Waals surface area contributed by atoms with E-state index in [4.69, 9.17) is 14.2 Å². The molecule has 0 radical (unpaired) electrons. The maximum absolute atomic E-state index is 12.4. The minimum atomic E-state index is -0.511. The van der Waals surface area contributed by atoms with E-state index >= 15 is 0 Å². The van der Waals surface area contributed by atoms with Crippen molar-refractivity contribution in [3.8, 4) is 11.5 Å². The van der Waals surface area contributed by atoms with Gasteiger partial charge in [-0.3, -0.25) is 9.69 Å². The maximum Gasteiger partial charge on any atom is 0.407 e. The molecular formula is C21H31N3O5. The van der Waals surface area contributed by atoms with Crippen LogP contribution in [-0.2, 0) is 9.53 Å². The van der Waals surface area contributed by atoms with Crippen molar-refractivity contribution >= 4 is 17.7 Å². The van der Waals surface area contributed by atoms with E-state index in [0.29, 0.717) is 36.7 Å². The van der Waals surface area contributed by atoms with Crippen LogP contribution >= 0.6 is 0 Å². The zero-order valence-electron chi connectivity index (χ0n) is 17.5. The molecule has 1 unspecified atom stereocenters. The van der Waals surface area contributed by atoms with Gasteiger partial charge in [0.25, 0.3) is 0 Å². The predicted octanol–water partition coefficient (Wildman–Crippen LogP) is 3.12. The molecule has 0 aromatic heterocycles. The first-order chi connectivity index (χ1) is 13.8. The van der Waals surface area contributed by atoms with Gasteiger partial charge in [0.05, 0.1) is 0 Å². The molecule has 2 amide bonds. The molecule has 2 N–H and O–H groups in total. The first-order valence-electron chi connectivity index (χ1n) is 10.2. The Morgan fingerprint density at radius 3 is 2.79 bits per heavy atom. The molecule has 3 rings (SSSR count). The van der Waals surface area contributed by atoms with Gasteiger partial charge in [-0.1, -0.05) is 6.42 Å². The molecule has 1 saturated heterocycles. The smallest absolute Gasteiger partial charge is 0.407 e. The Balaban J connectivity index is 1.45. The second kappa shape index (κ2) is 9.35. The van der Waals surface area contributed by atoms with Crippen LogP contribution in [0.2, 0.25) is 0 Å². The highest BCUT2D eigenvalue weighted by atomic mass is 16.7. The zero-order valence-corrected chi connectivity index (χ0v) is 17.5. The number of likely N-dealkylation sites (tertiary alicyclic amines) is 1. The van der Waals surface area contributed by atoms with Crippen molar-refractivity contribution in [2.24, 2.45) is 0 Å². The van der Waals surface area contributed by atoms with Crippen molar-refractivity contribution in [2.45, 2.75) is 58.1 Å². The van der Waals surface area contributed by atoms with Gasteiger partial charge in [0.1, 0.15) is 5.60 Å². The number of nitrogens with one attached hydrogen (secondary N) is 2. The molecular weight excluding hydrogens is 374 g/mol. The van der Waals surface area contributed by atoms with Gasteiger partial charge in [0, 0.05) is 37.3 Å². The van der Waals surface area contributed by atoms with Crippen molar-refractivity contribution in [2.75, 3.05) is 31.7 Å².